The van der Waals surface area contributed by atoms with E-state index < -0.39 is 35.9 Å². The Morgan fingerprint density at radius 3 is 2.56 bits per heavy atom. The van der Waals surface area contributed by atoms with Crippen LogP contribution in [0.1, 0.15) is 65.4 Å². The lowest BCUT2D eigenvalue weighted by Crippen LogP contribution is -2.42. The summed E-state index contributed by atoms with van der Waals surface area (Å²) in [6, 6.07) is 10.2. The number of benzene rings is 1. The molecule has 0 spiro atoms. The van der Waals surface area contributed by atoms with Crippen LogP contribution in [0, 0.1) is 5.92 Å². The molecule has 1 aromatic rings. The summed E-state index contributed by atoms with van der Waals surface area (Å²) in [7, 11) is 0. The minimum atomic E-state index is -1.39. The van der Waals surface area contributed by atoms with Crippen LogP contribution in [-0.2, 0) is 19.1 Å². The van der Waals surface area contributed by atoms with Gasteiger partial charge in [0.15, 0.2) is 0 Å². The highest BCUT2D eigenvalue weighted by Gasteiger charge is 2.34. The molecule has 1 aromatic carbocycles. The second kappa shape index (κ2) is 12.7. The van der Waals surface area contributed by atoms with E-state index in [1.54, 1.807) is 19.1 Å². The maximum atomic E-state index is 12.5. The number of hydrogen-bond donors (Lipinski definition) is 2. The molecule has 186 valence electrons. The molecule has 1 aliphatic heterocycles. The van der Waals surface area contributed by atoms with E-state index in [4.69, 9.17) is 9.47 Å². The van der Waals surface area contributed by atoms with Crippen molar-refractivity contribution in [2.45, 2.75) is 83.7 Å². The van der Waals surface area contributed by atoms with Crippen LogP contribution in [0.4, 0.5) is 0 Å². The molecule has 2 rings (SSSR count). The van der Waals surface area contributed by atoms with Crippen molar-refractivity contribution in [3.63, 3.8) is 0 Å². The number of aliphatic hydroxyl groups excluding tert-OH is 1. The van der Waals surface area contributed by atoms with E-state index >= 15 is 0 Å². The molecule has 1 aliphatic rings. The molecule has 0 aromatic heterocycles. The number of carbonyl (C=O) groups is 2. The molecular weight excluding hydrogens is 432 g/mol. The molecule has 0 bridgehead atoms. The Hall–Kier alpha value is -2.70. The minimum Gasteiger partial charge on any atom is -0.457 e. The molecule has 6 nitrogen and oxygen atoms in total. The molecule has 0 radical (unpaired) electrons. The van der Waals surface area contributed by atoms with Gasteiger partial charge in [0.05, 0.1) is 12.5 Å². The lowest BCUT2D eigenvalue weighted by molar-refractivity contribution is -0.157. The zero-order valence-corrected chi connectivity index (χ0v) is 20.8. The molecule has 1 unspecified atom stereocenters. The lowest BCUT2D eigenvalue weighted by atomic mass is 9.88. The van der Waals surface area contributed by atoms with E-state index in [0.29, 0.717) is 0 Å². The van der Waals surface area contributed by atoms with Gasteiger partial charge in [-0.3, -0.25) is 9.59 Å². The van der Waals surface area contributed by atoms with Crippen LogP contribution in [0.25, 0.3) is 0 Å². The van der Waals surface area contributed by atoms with Gasteiger partial charge in [0.1, 0.15) is 17.8 Å². The quantitative estimate of drug-likeness (QED) is 0.370. The van der Waals surface area contributed by atoms with Gasteiger partial charge in [-0.2, -0.15) is 0 Å². The number of ether oxygens (including phenoxy) is 2. The van der Waals surface area contributed by atoms with Crippen LogP contribution in [-0.4, -0.2) is 46.1 Å². The normalized spacial score (nSPS) is 31.1. The van der Waals surface area contributed by atoms with Gasteiger partial charge in [-0.15, -0.1) is 0 Å². The van der Waals surface area contributed by atoms with Gasteiger partial charge in [-0.1, -0.05) is 68.5 Å². The monoisotopic (exact) mass is 470 g/mol. The molecule has 6 heteroatoms. The highest BCUT2D eigenvalue weighted by Crippen LogP contribution is 2.27. The molecule has 1 heterocycles. The van der Waals surface area contributed by atoms with Gasteiger partial charge >= 0.3 is 11.9 Å². The topological polar surface area (TPSA) is 93.1 Å². The van der Waals surface area contributed by atoms with Crippen molar-refractivity contribution >= 4 is 11.9 Å². The lowest BCUT2D eigenvalue weighted by Gasteiger charge is -2.32. The summed E-state index contributed by atoms with van der Waals surface area (Å²) < 4.78 is 11.1. The average Bonchev–Trinajstić information content (AvgIpc) is 2.78. The van der Waals surface area contributed by atoms with Gasteiger partial charge < -0.3 is 19.7 Å². The van der Waals surface area contributed by atoms with Crippen LogP contribution in [0.2, 0.25) is 0 Å². The second-order valence-electron chi connectivity index (χ2n) is 9.43. The predicted molar refractivity (Wildman–Crippen MR) is 132 cm³/mol. The first-order valence-electron chi connectivity index (χ1n) is 11.8. The van der Waals surface area contributed by atoms with Gasteiger partial charge in [0.25, 0.3) is 0 Å². The average molecular weight is 471 g/mol. The second-order valence-corrected chi connectivity index (χ2v) is 9.43. The smallest absolute Gasteiger partial charge is 0.309 e. The summed E-state index contributed by atoms with van der Waals surface area (Å²) in [6.45, 7) is 8.75. The van der Waals surface area contributed by atoms with Crippen molar-refractivity contribution in [1.82, 2.24) is 0 Å². The largest absolute Gasteiger partial charge is 0.457 e. The maximum absolute atomic E-state index is 12.5. The van der Waals surface area contributed by atoms with Gasteiger partial charge in [-0.05, 0) is 49.8 Å². The number of carbonyl (C=O) groups excluding carboxylic acids is 2. The molecule has 0 aliphatic carbocycles. The van der Waals surface area contributed by atoms with E-state index in [1.165, 1.54) is 12.5 Å². The number of aliphatic hydroxyl groups is 2. The summed E-state index contributed by atoms with van der Waals surface area (Å²) in [5.41, 5.74) is 0.656. The Labute approximate surface area is 203 Å². The number of esters is 2. The first kappa shape index (κ1) is 27.5. The van der Waals surface area contributed by atoms with E-state index in [1.807, 2.05) is 44.2 Å². The highest BCUT2D eigenvalue weighted by atomic mass is 16.6. The van der Waals surface area contributed by atoms with Crippen molar-refractivity contribution in [1.29, 1.82) is 0 Å². The van der Waals surface area contributed by atoms with Crippen molar-refractivity contribution in [3.05, 3.63) is 71.8 Å². The Morgan fingerprint density at radius 2 is 1.91 bits per heavy atom. The first-order valence-corrected chi connectivity index (χ1v) is 11.8. The minimum absolute atomic E-state index is 0.158. The number of cyclic esters (lactones) is 1. The summed E-state index contributed by atoms with van der Waals surface area (Å²) in [6.07, 6.45) is 7.12. The van der Waals surface area contributed by atoms with Gasteiger partial charge in [0.2, 0.25) is 0 Å². The van der Waals surface area contributed by atoms with E-state index in [0.717, 1.165) is 5.57 Å². The third-order valence-corrected chi connectivity index (χ3v) is 6.15. The first-order chi connectivity index (χ1) is 16.0. The highest BCUT2D eigenvalue weighted by molar-refractivity contribution is 5.70. The summed E-state index contributed by atoms with van der Waals surface area (Å²) in [4.78, 5) is 24.1. The van der Waals surface area contributed by atoms with Crippen molar-refractivity contribution < 1.29 is 29.3 Å². The van der Waals surface area contributed by atoms with Gasteiger partial charge in [0, 0.05) is 12.8 Å². The molecular formula is C28H38O6. The van der Waals surface area contributed by atoms with Crippen LogP contribution >= 0.6 is 0 Å². The Morgan fingerprint density at radius 1 is 1.24 bits per heavy atom. The fourth-order valence-corrected chi connectivity index (χ4v) is 3.97. The third-order valence-electron chi connectivity index (χ3n) is 6.15. The number of allylic oxidation sites excluding steroid dienone is 3. The van der Waals surface area contributed by atoms with E-state index in [9.17, 15) is 19.8 Å². The molecule has 0 saturated heterocycles. The summed E-state index contributed by atoms with van der Waals surface area (Å²) in [5.74, 6) is -1.04. The predicted octanol–water partition coefficient (Wildman–Crippen LogP) is 4.62. The van der Waals surface area contributed by atoms with Crippen LogP contribution in [0.3, 0.4) is 0 Å². The number of hydrogen-bond acceptors (Lipinski definition) is 6. The SMILES string of the molecule is CC(=O)O[C@@H]1/C=C/[C@H](C)[C@@H](/C(C)=C/C=C/C(C)c2ccccc2)OC(=O)C[C@@H](O)CC[C@]1(C)O. The molecule has 34 heavy (non-hydrogen) atoms. The Kier molecular flexibility index (Phi) is 10.3. The molecule has 2 N–H and O–H groups in total. The molecule has 0 amide bonds. The third kappa shape index (κ3) is 8.58. The molecule has 0 saturated carbocycles. The van der Waals surface area contributed by atoms with E-state index in [-0.39, 0.29) is 31.1 Å². The fraction of sp³-hybridized carbons (Fsp3) is 0.500. The maximum Gasteiger partial charge on any atom is 0.309 e. The van der Waals surface area contributed by atoms with E-state index in [2.05, 4.69) is 25.1 Å². The van der Waals surface area contributed by atoms with Crippen molar-refractivity contribution in [3.8, 4) is 0 Å². The molecule has 0 fully saturated rings. The summed E-state index contributed by atoms with van der Waals surface area (Å²) >= 11 is 0. The zero-order chi connectivity index (χ0) is 25.3. The van der Waals surface area contributed by atoms with Crippen LogP contribution in [0.15, 0.2) is 66.3 Å². The Balaban J connectivity index is 2.29. The van der Waals surface area contributed by atoms with Crippen LogP contribution < -0.4 is 0 Å². The van der Waals surface area contributed by atoms with Crippen molar-refractivity contribution in [2.75, 3.05) is 0 Å². The standard InChI is InChI=1S/C28H38O6/c1-19(23-12-7-6-8-13-23)10-9-11-20(2)27-21(3)14-15-25(33-22(4)29)28(5,32)17-16-24(30)18-26(31)34-27/h6-15,19,21,24-25,27,30,32H,16-18H2,1-5H3/b10-9+,15-14+,20-11+/t19?,21-,24-,25+,27+,28-/m0/s1. The fourth-order valence-electron chi connectivity index (χ4n) is 3.97. The molecule has 6 atom stereocenters. The van der Waals surface area contributed by atoms with Crippen LogP contribution in [0.5, 0.6) is 0 Å². The zero-order valence-electron chi connectivity index (χ0n) is 20.8. The van der Waals surface area contributed by atoms with Gasteiger partial charge in [-0.25, -0.2) is 0 Å². The van der Waals surface area contributed by atoms with Crippen molar-refractivity contribution in [2.24, 2.45) is 5.92 Å². The number of rotatable bonds is 5. The summed E-state index contributed by atoms with van der Waals surface area (Å²) in [5, 5.41) is 21.2. The Bertz CT molecular complexity index is 899.